The Balaban J connectivity index is 1.72. The Bertz CT molecular complexity index is 358. The van der Waals surface area contributed by atoms with Crippen LogP contribution < -0.4 is 11.1 Å². The number of hydrogen-bond donors (Lipinski definition) is 2. The highest BCUT2D eigenvalue weighted by Gasteiger charge is 2.33. The van der Waals surface area contributed by atoms with E-state index in [4.69, 9.17) is 18.0 Å². The minimum absolute atomic E-state index is 0.0221. The van der Waals surface area contributed by atoms with Gasteiger partial charge in [0.2, 0.25) is 5.91 Å². The van der Waals surface area contributed by atoms with Gasteiger partial charge in [-0.3, -0.25) is 9.69 Å². The molecule has 1 aliphatic carbocycles. The molecule has 0 aromatic carbocycles. The second kappa shape index (κ2) is 6.85. The van der Waals surface area contributed by atoms with Crippen molar-refractivity contribution in [1.29, 1.82) is 0 Å². The molecular weight excluding hydrogens is 270 g/mol. The Hall–Kier alpha value is -0.680. The first-order chi connectivity index (χ1) is 9.49. The van der Waals surface area contributed by atoms with Gasteiger partial charge in [0.25, 0.3) is 0 Å². The van der Waals surface area contributed by atoms with E-state index in [-0.39, 0.29) is 11.3 Å². The number of likely N-dealkylation sites (tertiary alicyclic amines) is 1. The number of rotatable bonds is 4. The number of nitrogens with zero attached hydrogens (tertiary/aromatic N) is 1. The van der Waals surface area contributed by atoms with Crippen LogP contribution in [-0.2, 0) is 4.79 Å². The van der Waals surface area contributed by atoms with Crippen LogP contribution in [0.5, 0.6) is 0 Å². The summed E-state index contributed by atoms with van der Waals surface area (Å²) in [7, 11) is 0. The van der Waals surface area contributed by atoms with Crippen LogP contribution in [0.25, 0.3) is 0 Å². The van der Waals surface area contributed by atoms with Crippen LogP contribution in [0.3, 0.4) is 0 Å². The molecule has 20 heavy (non-hydrogen) atoms. The monoisotopic (exact) mass is 297 g/mol. The molecule has 0 aromatic rings. The van der Waals surface area contributed by atoms with E-state index in [0.717, 1.165) is 38.8 Å². The summed E-state index contributed by atoms with van der Waals surface area (Å²) in [6.45, 7) is 4.47. The summed E-state index contributed by atoms with van der Waals surface area (Å²) in [6, 6.07) is 0.405. The van der Waals surface area contributed by atoms with E-state index in [1.165, 1.54) is 19.3 Å². The molecule has 2 aliphatic rings. The van der Waals surface area contributed by atoms with Crippen LogP contribution in [0.2, 0.25) is 0 Å². The second-order valence-corrected chi connectivity index (χ2v) is 7.04. The fraction of sp³-hybridized carbons (Fsp3) is 0.867. The van der Waals surface area contributed by atoms with Gasteiger partial charge in [-0.25, -0.2) is 0 Å². The van der Waals surface area contributed by atoms with Gasteiger partial charge in [0.15, 0.2) is 0 Å². The highest BCUT2D eigenvalue weighted by atomic mass is 32.1. The van der Waals surface area contributed by atoms with Crippen LogP contribution in [0.1, 0.15) is 51.9 Å². The van der Waals surface area contributed by atoms with Crippen LogP contribution >= 0.6 is 12.2 Å². The van der Waals surface area contributed by atoms with Crippen LogP contribution in [0.15, 0.2) is 0 Å². The quantitative estimate of drug-likeness (QED) is 0.777. The second-order valence-electron chi connectivity index (χ2n) is 6.60. The molecule has 0 unspecified atom stereocenters. The van der Waals surface area contributed by atoms with Gasteiger partial charge in [0, 0.05) is 11.5 Å². The number of thiocarbonyl (C=S) groups is 1. The molecule has 0 radical (unpaired) electrons. The lowest BCUT2D eigenvalue weighted by atomic mass is 9.80. The highest BCUT2D eigenvalue weighted by molar-refractivity contribution is 7.80. The molecule has 5 heteroatoms. The molecule has 2 fully saturated rings. The first-order valence-corrected chi connectivity index (χ1v) is 8.22. The summed E-state index contributed by atoms with van der Waals surface area (Å²) < 4.78 is 0. The van der Waals surface area contributed by atoms with Crippen LogP contribution in [-0.4, -0.2) is 41.5 Å². The number of nitrogens with two attached hydrogens (primary N) is 1. The number of nitrogens with one attached hydrogen (secondary N) is 1. The zero-order valence-corrected chi connectivity index (χ0v) is 13.3. The molecule has 0 atom stereocenters. The third kappa shape index (κ3) is 4.16. The molecule has 4 nitrogen and oxygen atoms in total. The molecule has 0 aromatic heterocycles. The van der Waals surface area contributed by atoms with Crippen molar-refractivity contribution in [3.05, 3.63) is 0 Å². The summed E-state index contributed by atoms with van der Waals surface area (Å²) in [4.78, 5) is 14.9. The van der Waals surface area contributed by atoms with Crippen molar-refractivity contribution in [2.45, 2.75) is 57.9 Å². The molecule has 114 valence electrons. The number of carbonyl (C=O) groups is 1. The lowest BCUT2D eigenvalue weighted by molar-refractivity contribution is -0.123. The maximum absolute atomic E-state index is 12.1. The van der Waals surface area contributed by atoms with Gasteiger partial charge in [-0.1, -0.05) is 38.4 Å². The molecular formula is C15H27N3OS. The molecule has 1 amide bonds. The van der Waals surface area contributed by atoms with Gasteiger partial charge in [-0.05, 0) is 38.8 Å². The van der Waals surface area contributed by atoms with Gasteiger partial charge < -0.3 is 11.1 Å². The van der Waals surface area contributed by atoms with Crippen molar-refractivity contribution in [3.63, 3.8) is 0 Å². The fourth-order valence-electron chi connectivity index (χ4n) is 3.17. The van der Waals surface area contributed by atoms with Gasteiger partial charge in [-0.2, -0.15) is 0 Å². The van der Waals surface area contributed by atoms with Crippen molar-refractivity contribution in [1.82, 2.24) is 10.2 Å². The topological polar surface area (TPSA) is 58.4 Å². The van der Waals surface area contributed by atoms with Crippen molar-refractivity contribution >= 4 is 23.1 Å². The lowest BCUT2D eigenvalue weighted by Crippen LogP contribution is -2.48. The predicted molar refractivity (Wildman–Crippen MR) is 85.6 cm³/mol. The van der Waals surface area contributed by atoms with Gasteiger partial charge in [0.1, 0.15) is 0 Å². The number of piperidine rings is 1. The summed E-state index contributed by atoms with van der Waals surface area (Å²) >= 11 is 5.14. The van der Waals surface area contributed by atoms with Crippen LogP contribution in [0.4, 0.5) is 0 Å². The summed E-state index contributed by atoms with van der Waals surface area (Å²) in [5, 5.41) is 3.18. The molecule has 1 saturated carbocycles. The smallest absolute Gasteiger partial charge is 0.234 e. The van der Waals surface area contributed by atoms with Crippen molar-refractivity contribution in [2.24, 2.45) is 11.1 Å². The van der Waals surface area contributed by atoms with E-state index in [0.29, 0.717) is 17.6 Å². The minimum Gasteiger partial charge on any atom is -0.393 e. The Kier molecular flexibility index (Phi) is 5.38. The average Bonchev–Trinajstić information content (AvgIpc) is 2.42. The maximum atomic E-state index is 12.1. The van der Waals surface area contributed by atoms with Gasteiger partial charge >= 0.3 is 0 Å². The average molecular weight is 297 g/mol. The molecule has 0 spiro atoms. The Labute approximate surface area is 127 Å². The summed E-state index contributed by atoms with van der Waals surface area (Å²) in [5.41, 5.74) is 5.78. The minimum atomic E-state index is -0.0221. The van der Waals surface area contributed by atoms with E-state index in [1.54, 1.807) is 0 Å². The largest absolute Gasteiger partial charge is 0.393 e. The molecule has 2 rings (SSSR count). The third-order valence-electron chi connectivity index (χ3n) is 4.89. The zero-order chi connectivity index (χ0) is 14.6. The van der Waals surface area contributed by atoms with E-state index >= 15 is 0 Å². The molecule has 1 aliphatic heterocycles. The van der Waals surface area contributed by atoms with E-state index in [9.17, 15) is 4.79 Å². The van der Waals surface area contributed by atoms with E-state index < -0.39 is 0 Å². The number of carbonyl (C=O) groups excluding carboxylic acids is 1. The normalized spacial score (nSPS) is 24.2. The predicted octanol–water partition coefficient (Wildman–Crippen LogP) is 1.82. The van der Waals surface area contributed by atoms with Gasteiger partial charge in [-0.15, -0.1) is 0 Å². The standard InChI is InChI=1S/C15H27N3OS/c1-15(14(16)20)7-9-18(10-8-15)11-13(19)17-12-5-3-2-4-6-12/h12H,2-11H2,1H3,(H2,16,20)(H,17,19). The van der Waals surface area contributed by atoms with Crippen molar-refractivity contribution < 1.29 is 4.79 Å². The molecule has 0 bridgehead atoms. The SMILES string of the molecule is CC1(C(N)=S)CCN(CC(=O)NC2CCCCC2)CC1. The highest BCUT2D eigenvalue weighted by Crippen LogP contribution is 2.30. The molecule has 1 saturated heterocycles. The number of hydrogen-bond acceptors (Lipinski definition) is 3. The Morgan fingerprint density at radius 2 is 1.90 bits per heavy atom. The Morgan fingerprint density at radius 3 is 2.45 bits per heavy atom. The maximum Gasteiger partial charge on any atom is 0.234 e. The lowest BCUT2D eigenvalue weighted by Gasteiger charge is -2.38. The van der Waals surface area contributed by atoms with Gasteiger partial charge in [0.05, 0.1) is 11.5 Å². The molecule has 3 N–H and O–H groups in total. The fourth-order valence-corrected chi connectivity index (χ4v) is 3.38. The van der Waals surface area contributed by atoms with Crippen molar-refractivity contribution in [3.8, 4) is 0 Å². The Morgan fingerprint density at radius 1 is 1.30 bits per heavy atom. The van der Waals surface area contributed by atoms with Crippen molar-refractivity contribution in [2.75, 3.05) is 19.6 Å². The van der Waals surface area contributed by atoms with E-state index in [1.807, 2.05) is 0 Å². The zero-order valence-electron chi connectivity index (χ0n) is 12.5. The first kappa shape index (κ1) is 15.7. The first-order valence-electron chi connectivity index (χ1n) is 7.81. The van der Waals surface area contributed by atoms with E-state index in [2.05, 4.69) is 17.1 Å². The molecule has 1 heterocycles. The summed E-state index contributed by atoms with van der Waals surface area (Å²) in [5.74, 6) is 0.177. The number of amides is 1. The van der Waals surface area contributed by atoms with Crippen LogP contribution in [0, 0.1) is 5.41 Å². The third-order valence-corrected chi connectivity index (χ3v) is 5.38. The summed E-state index contributed by atoms with van der Waals surface area (Å²) in [6.07, 6.45) is 8.02.